The highest BCUT2D eigenvalue weighted by Gasteiger charge is 2.16. The summed E-state index contributed by atoms with van der Waals surface area (Å²) < 4.78 is 13.3. The topological polar surface area (TPSA) is 0 Å². The Morgan fingerprint density at radius 2 is 1.79 bits per heavy atom. The summed E-state index contributed by atoms with van der Waals surface area (Å²) in [4.78, 5) is 0.947. The number of halogens is 1. The minimum absolute atomic E-state index is 0.947. The first-order valence-electron chi connectivity index (χ1n) is 4.52. The Labute approximate surface area is 89.2 Å². The molecule has 0 aromatic heterocycles. The number of hydrogen-bond acceptors (Lipinski definition) is 1. The van der Waals surface area contributed by atoms with Crippen molar-refractivity contribution in [2.45, 2.75) is 30.7 Å². The smallest absolute Gasteiger partial charge is 0.155 e. The van der Waals surface area contributed by atoms with Crippen molar-refractivity contribution in [3.8, 4) is 0 Å². The fraction of sp³-hybridized carbons (Fsp3) is 0.333. The lowest BCUT2D eigenvalue weighted by Crippen LogP contribution is -2.03. The summed E-state index contributed by atoms with van der Waals surface area (Å²) in [6, 6.07) is 7.79. The van der Waals surface area contributed by atoms with E-state index in [1.165, 1.54) is 11.8 Å². The third-order valence-electron chi connectivity index (χ3n) is 1.71. The molecule has 0 nitrogen and oxygen atoms in total. The van der Waals surface area contributed by atoms with Gasteiger partial charge in [0.15, 0.2) is 5.00 Å². The van der Waals surface area contributed by atoms with Gasteiger partial charge < -0.3 is 0 Å². The molecule has 0 saturated carbocycles. The van der Waals surface area contributed by atoms with Crippen molar-refractivity contribution >= 4 is 17.3 Å². The normalized spacial score (nSPS) is 11.4. The van der Waals surface area contributed by atoms with E-state index >= 15 is 0 Å². The molecule has 0 N–H and O–H groups in total. The summed E-state index contributed by atoms with van der Waals surface area (Å²) in [7, 11) is 0. The van der Waals surface area contributed by atoms with E-state index in [4.69, 9.17) is 0 Å². The van der Waals surface area contributed by atoms with Crippen LogP contribution < -0.4 is 0 Å². The van der Waals surface area contributed by atoms with Crippen LogP contribution in [-0.2, 0) is 0 Å². The second-order valence-corrected chi connectivity index (χ2v) is 5.42. The van der Waals surface area contributed by atoms with Gasteiger partial charge in [0.25, 0.3) is 0 Å². The molecule has 2 heteroatoms. The van der Waals surface area contributed by atoms with E-state index in [0.717, 1.165) is 16.0 Å². The van der Waals surface area contributed by atoms with Gasteiger partial charge in [-0.15, -0.1) is 0 Å². The molecular formula is C12H15FS. The quantitative estimate of drug-likeness (QED) is 0.661. The van der Waals surface area contributed by atoms with Crippen LogP contribution in [0.25, 0.3) is 5.57 Å². The maximum absolute atomic E-state index is 13.3. The second kappa shape index (κ2) is 4.18. The van der Waals surface area contributed by atoms with Crippen LogP contribution in [0.3, 0.4) is 0 Å². The number of allylic oxidation sites excluding steroid dienone is 1. The molecule has 1 aromatic rings. The van der Waals surface area contributed by atoms with E-state index in [1.807, 2.05) is 31.2 Å². The SMILES string of the molecule is C=C(C)c1ccc(SC(C)(C)F)cc1. The zero-order valence-corrected chi connectivity index (χ0v) is 9.62. The standard InChI is InChI=1S/C12H15FS/c1-9(2)10-5-7-11(8-6-10)14-12(3,4)13/h5-8H,1H2,2-4H3. The third-order valence-corrected chi connectivity index (χ3v) is 2.70. The van der Waals surface area contributed by atoms with Gasteiger partial charge in [-0.05, 0) is 38.5 Å². The van der Waals surface area contributed by atoms with Crippen molar-refractivity contribution in [1.29, 1.82) is 0 Å². The molecule has 0 saturated heterocycles. The van der Waals surface area contributed by atoms with Crippen molar-refractivity contribution in [3.05, 3.63) is 36.4 Å². The highest BCUT2D eigenvalue weighted by atomic mass is 32.2. The van der Waals surface area contributed by atoms with E-state index in [1.54, 1.807) is 13.8 Å². The molecular weight excluding hydrogens is 195 g/mol. The number of thioether (sulfide) groups is 1. The van der Waals surface area contributed by atoms with Crippen LogP contribution in [-0.4, -0.2) is 5.00 Å². The van der Waals surface area contributed by atoms with Crippen molar-refractivity contribution in [3.63, 3.8) is 0 Å². The average Bonchev–Trinajstić information content (AvgIpc) is 2.02. The Bertz CT molecular complexity index is 319. The lowest BCUT2D eigenvalue weighted by atomic mass is 10.1. The van der Waals surface area contributed by atoms with E-state index < -0.39 is 5.00 Å². The lowest BCUT2D eigenvalue weighted by molar-refractivity contribution is 0.346. The molecule has 0 aliphatic rings. The Kier molecular flexibility index (Phi) is 3.38. The second-order valence-electron chi connectivity index (χ2n) is 3.77. The molecule has 14 heavy (non-hydrogen) atoms. The molecule has 0 atom stereocenters. The first-order chi connectivity index (χ1) is 6.38. The number of benzene rings is 1. The average molecular weight is 210 g/mol. The van der Waals surface area contributed by atoms with Crippen molar-refractivity contribution in [2.75, 3.05) is 0 Å². The molecule has 1 rings (SSSR count). The fourth-order valence-electron chi connectivity index (χ4n) is 1.09. The van der Waals surface area contributed by atoms with Gasteiger partial charge in [-0.2, -0.15) is 0 Å². The Balaban J connectivity index is 2.79. The van der Waals surface area contributed by atoms with Gasteiger partial charge in [-0.3, -0.25) is 0 Å². The Hall–Kier alpha value is -0.760. The van der Waals surface area contributed by atoms with Crippen molar-refractivity contribution < 1.29 is 4.39 Å². The third kappa shape index (κ3) is 3.54. The highest BCUT2D eigenvalue weighted by Crippen LogP contribution is 2.33. The van der Waals surface area contributed by atoms with Gasteiger partial charge in [-0.1, -0.05) is 36.0 Å². The summed E-state index contributed by atoms with van der Waals surface area (Å²) in [6.07, 6.45) is 0. The lowest BCUT2D eigenvalue weighted by Gasteiger charge is -2.13. The summed E-state index contributed by atoms with van der Waals surface area (Å²) in [5.74, 6) is 0. The molecule has 1 aromatic carbocycles. The molecule has 0 unspecified atom stereocenters. The van der Waals surface area contributed by atoms with E-state index in [9.17, 15) is 4.39 Å². The van der Waals surface area contributed by atoms with E-state index in [2.05, 4.69) is 6.58 Å². The van der Waals surface area contributed by atoms with Crippen LogP contribution >= 0.6 is 11.8 Å². The molecule has 0 bridgehead atoms. The molecule has 76 valence electrons. The maximum atomic E-state index is 13.3. The van der Waals surface area contributed by atoms with Crippen molar-refractivity contribution in [2.24, 2.45) is 0 Å². The first-order valence-corrected chi connectivity index (χ1v) is 5.34. The van der Waals surface area contributed by atoms with Crippen LogP contribution in [0.15, 0.2) is 35.7 Å². The monoisotopic (exact) mass is 210 g/mol. The van der Waals surface area contributed by atoms with Crippen molar-refractivity contribution in [1.82, 2.24) is 0 Å². The minimum Gasteiger partial charge on any atom is -0.232 e. The molecule has 0 heterocycles. The molecule has 0 radical (unpaired) electrons. The largest absolute Gasteiger partial charge is 0.232 e. The van der Waals surface area contributed by atoms with Gasteiger partial charge in [-0.25, -0.2) is 4.39 Å². The van der Waals surface area contributed by atoms with Gasteiger partial charge in [0, 0.05) is 4.90 Å². The number of alkyl halides is 1. The predicted octanol–water partition coefficient (Wildman–Crippen LogP) is 4.52. The van der Waals surface area contributed by atoms with Gasteiger partial charge >= 0.3 is 0 Å². The van der Waals surface area contributed by atoms with Gasteiger partial charge in [0.1, 0.15) is 0 Å². The van der Waals surface area contributed by atoms with E-state index in [-0.39, 0.29) is 0 Å². The Morgan fingerprint density at radius 1 is 1.29 bits per heavy atom. The molecule has 0 amide bonds. The van der Waals surface area contributed by atoms with Crippen LogP contribution in [0.2, 0.25) is 0 Å². The summed E-state index contributed by atoms with van der Waals surface area (Å²) >= 11 is 1.22. The molecule has 0 aliphatic carbocycles. The van der Waals surface area contributed by atoms with Gasteiger partial charge in [0.2, 0.25) is 0 Å². The van der Waals surface area contributed by atoms with Crippen LogP contribution in [0.4, 0.5) is 4.39 Å². The molecule has 0 fully saturated rings. The van der Waals surface area contributed by atoms with Crippen LogP contribution in [0.1, 0.15) is 26.3 Å². The summed E-state index contributed by atoms with van der Waals surface area (Å²) in [6.45, 7) is 8.93. The summed E-state index contributed by atoms with van der Waals surface area (Å²) in [5, 5.41) is -1.22. The summed E-state index contributed by atoms with van der Waals surface area (Å²) in [5.41, 5.74) is 2.13. The van der Waals surface area contributed by atoms with Crippen LogP contribution in [0, 0.1) is 0 Å². The minimum atomic E-state index is -1.22. The highest BCUT2D eigenvalue weighted by molar-refractivity contribution is 8.00. The Morgan fingerprint density at radius 3 is 2.14 bits per heavy atom. The zero-order valence-electron chi connectivity index (χ0n) is 8.80. The van der Waals surface area contributed by atoms with E-state index in [0.29, 0.717) is 0 Å². The van der Waals surface area contributed by atoms with Crippen LogP contribution in [0.5, 0.6) is 0 Å². The zero-order chi connectivity index (χ0) is 10.8. The fourth-order valence-corrected chi connectivity index (χ4v) is 1.92. The maximum Gasteiger partial charge on any atom is 0.155 e. The predicted molar refractivity (Wildman–Crippen MR) is 62.2 cm³/mol. The molecule has 0 aliphatic heterocycles. The first kappa shape index (κ1) is 11.3. The number of hydrogen-bond donors (Lipinski definition) is 0. The number of rotatable bonds is 3. The van der Waals surface area contributed by atoms with Gasteiger partial charge in [0.05, 0.1) is 0 Å². The molecule has 0 spiro atoms.